The first-order valence-corrected chi connectivity index (χ1v) is 12.6. The molecule has 0 bridgehead atoms. The van der Waals surface area contributed by atoms with Crippen LogP contribution in [0, 0.1) is 13.8 Å². The van der Waals surface area contributed by atoms with Crippen LogP contribution in [0.25, 0.3) is 33.5 Å². The van der Waals surface area contributed by atoms with Crippen molar-refractivity contribution in [1.29, 1.82) is 0 Å². The van der Waals surface area contributed by atoms with Crippen molar-refractivity contribution in [1.82, 2.24) is 39.9 Å². The number of carbonyl (C=O) groups is 1. The van der Waals surface area contributed by atoms with Crippen molar-refractivity contribution >= 4 is 28.9 Å². The maximum Gasteiger partial charge on any atom is 0.407 e. The van der Waals surface area contributed by atoms with Gasteiger partial charge in [0.15, 0.2) is 0 Å². The van der Waals surface area contributed by atoms with E-state index in [1.165, 1.54) is 4.90 Å². The molecule has 1 amide bonds. The van der Waals surface area contributed by atoms with Crippen LogP contribution in [0.1, 0.15) is 17.0 Å². The lowest BCUT2D eigenvalue weighted by Gasteiger charge is -2.33. The molecule has 12 nitrogen and oxygen atoms in total. The van der Waals surface area contributed by atoms with Crippen molar-refractivity contribution in [2.45, 2.75) is 20.4 Å². The average molecular weight is 526 g/mol. The molecule has 1 aliphatic heterocycles. The summed E-state index contributed by atoms with van der Waals surface area (Å²) in [5, 5.41) is 16.5. The molecular formula is C27H27N9O3. The molecule has 1 fully saturated rings. The Morgan fingerprint density at radius 1 is 1.05 bits per heavy atom. The van der Waals surface area contributed by atoms with Gasteiger partial charge < -0.3 is 24.8 Å². The first-order chi connectivity index (χ1) is 18.9. The summed E-state index contributed by atoms with van der Waals surface area (Å²) in [6, 6.07) is 11.8. The maximum atomic E-state index is 11.1. The molecule has 1 saturated heterocycles. The zero-order chi connectivity index (χ0) is 26.9. The summed E-state index contributed by atoms with van der Waals surface area (Å²) in [6.45, 7) is 6.93. The third-order valence-corrected chi connectivity index (χ3v) is 6.85. The van der Waals surface area contributed by atoms with Crippen LogP contribution in [0.5, 0.6) is 0 Å². The SMILES string of the molecule is Cc1noc(C)c1-c1cc(-c2ccc3nc(Nc4cc(CN5CCN(C(=O)O)CC5)ccn4)[nH]c3c2)ncn1. The van der Waals surface area contributed by atoms with E-state index in [0.29, 0.717) is 37.9 Å². The number of nitrogens with one attached hydrogen (secondary N) is 2. The Kier molecular flexibility index (Phi) is 6.37. The molecule has 5 aromatic rings. The van der Waals surface area contributed by atoms with Gasteiger partial charge in [-0.2, -0.15) is 0 Å². The summed E-state index contributed by atoms with van der Waals surface area (Å²) in [5.41, 5.74) is 6.90. The molecule has 6 rings (SSSR count). The van der Waals surface area contributed by atoms with Gasteiger partial charge in [0.1, 0.15) is 17.9 Å². The highest BCUT2D eigenvalue weighted by Gasteiger charge is 2.20. The van der Waals surface area contributed by atoms with E-state index in [-0.39, 0.29) is 0 Å². The van der Waals surface area contributed by atoms with E-state index in [4.69, 9.17) is 9.63 Å². The second-order valence-electron chi connectivity index (χ2n) is 9.53. The number of fused-ring (bicyclic) bond motifs is 1. The van der Waals surface area contributed by atoms with Gasteiger partial charge in [-0.25, -0.2) is 24.7 Å². The molecule has 12 heteroatoms. The minimum Gasteiger partial charge on any atom is -0.465 e. The quantitative estimate of drug-likeness (QED) is 0.294. The standard InChI is InChI=1S/C27H27N9O3/c1-16-25(17(2)39-34-16)23-13-21(29-15-30-23)19-3-4-20-22(12-19)32-26(31-20)33-24-11-18(5-6-28-24)14-35-7-9-36(10-8-35)27(37)38/h3-6,11-13,15H,7-10,14H2,1-2H3,(H,37,38)(H2,28,31,32,33). The Morgan fingerprint density at radius 3 is 2.64 bits per heavy atom. The second kappa shape index (κ2) is 10.1. The summed E-state index contributed by atoms with van der Waals surface area (Å²) >= 11 is 0. The Bertz CT molecular complexity index is 1630. The fourth-order valence-electron chi connectivity index (χ4n) is 4.85. The number of anilines is 2. The van der Waals surface area contributed by atoms with E-state index >= 15 is 0 Å². The summed E-state index contributed by atoms with van der Waals surface area (Å²) in [5.74, 6) is 1.98. The van der Waals surface area contributed by atoms with Gasteiger partial charge in [0.25, 0.3) is 0 Å². The predicted molar refractivity (Wildman–Crippen MR) is 144 cm³/mol. The minimum atomic E-state index is -0.859. The lowest BCUT2D eigenvalue weighted by atomic mass is 10.1. The third kappa shape index (κ3) is 5.14. The first-order valence-electron chi connectivity index (χ1n) is 12.6. The monoisotopic (exact) mass is 525 g/mol. The smallest absolute Gasteiger partial charge is 0.407 e. The van der Waals surface area contributed by atoms with Crippen LogP contribution in [0.2, 0.25) is 0 Å². The summed E-state index contributed by atoms with van der Waals surface area (Å²) < 4.78 is 5.30. The molecule has 0 atom stereocenters. The summed E-state index contributed by atoms with van der Waals surface area (Å²) in [6.07, 6.45) is 2.45. The van der Waals surface area contributed by atoms with Gasteiger partial charge in [0, 0.05) is 44.5 Å². The molecule has 0 aliphatic carbocycles. The average Bonchev–Trinajstić information content (AvgIpc) is 3.50. The molecule has 4 aromatic heterocycles. The molecule has 39 heavy (non-hydrogen) atoms. The molecule has 1 aliphatic rings. The molecule has 1 aromatic carbocycles. The lowest BCUT2D eigenvalue weighted by molar-refractivity contribution is 0.103. The number of aryl methyl sites for hydroxylation is 2. The van der Waals surface area contributed by atoms with Crippen LogP contribution in [0.4, 0.5) is 16.6 Å². The van der Waals surface area contributed by atoms with Crippen molar-refractivity contribution in [3.05, 3.63) is 65.9 Å². The number of nitrogens with zero attached hydrogens (tertiary/aromatic N) is 7. The number of H-pyrrole nitrogens is 1. The Hall–Kier alpha value is -4.84. The molecule has 0 radical (unpaired) electrons. The lowest BCUT2D eigenvalue weighted by Crippen LogP contribution is -2.47. The Balaban J connectivity index is 1.18. The number of carboxylic acid groups (broad SMARTS) is 1. The zero-order valence-electron chi connectivity index (χ0n) is 21.5. The molecule has 5 heterocycles. The maximum absolute atomic E-state index is 11.1. The van der Waals surface area contributed by atoms with Gasteiger partial charge in [-0.05, 0) is 49.7 Å². The van der Waals surface area contributed by atoms with Gasteiger partial charge in [0.2, 0.25) is 5.95 Å². The molecule has 0 unspecified atom stereocenters. The molecular weight excluding hydrogens is 498 g/mol. The number of hydrogen-bond acceptors (Lipinski definition) is 9. The van der Waals surface area contributed by atoms with Crippen molar-refractivity contribution in [3.8, 4) is 22.5 Å². The van der Waals surface area contributed by atoms with Crippen LogP contribution in [0.3, 0.4) is 0 Å². The minimum absolute atomic E-state index is 0.517. The van der Waals surface area contributed by atoms with Crippen molar-refractivity contribution in [3.63, 3.8) is 0 Å². The number of piperazine rings is 1. The van der Waals surface area contributed by atoms with Crippen LogP contribution < -0.4 is 5.32 Å². The van der Waals surface area contributed by atoms with Gasteiger partial charge in [0.05, 0.1) is 33.7 Å². The van der Waals surface area contributed by atoms with Crippen LogP contribution in [-0.2, 0) is 6.54 Å². The van der Waals surface area contributed by atoms with Gasteiger partial charge >= 0.3 is 6.09 Å². The fraction of sp³-hybridized carbons (Fsp3) is 0.259. The molecule has 0 spiro atoms. The number of aromatic amines is 1. The van der Waals surface area contributed by atoms with Crippen molar-refractivity contribution < 1.29 is 14.4 Å². The highest BCUT2D eigenvalue weighted by atomic mass is 16.5. The van der Waals surface area contributed by atoms with Crippen LogP contribution in [0.15, 0.2) is 53.4 Å². The van der Waals surface area contributed by atoms with Crippen molar-refractivity contribution in [2.24, 2.45) is 0 Å². The number of hydrogen-bond donors (Lipinski definition) is 3. The van der Waals surface area contributed by atoms with E-state index in [0.717, 1.165) is 57.1 Å². The summed E-state index contributed by atoms with van der Waals surface area (Å²) in [7, 11) is 0. The van der Waals surface area contributed by atoms with Gasteiger partial charge in [-0.1, -0.05) is 11.2 Å². The number of rotatable bonds is 6. The van der Waals surface area contributed by atoms with E-state index in [2.05, 4.69) is 40.3 Å². The third-order valence-electron chi connectivity index (χ3n) is 6.85. The molecule has 0 saturated carbocycles. The van der Waals surface area contributed by atoms with Gasteiger partial charge in [-0.3, -0.25) is 4.90 Å². The highest BCUT2D eigenvalue weighted by molar-refractivity contribution is 5.84. The number of pyridine rings is 1. The molecule has 3 N–H and O–H groups in total. The number of imidazole rings is 1. The van der Waals surface area contributed by atoms with Crippen LogP contribution >= 0.6 is 0 Å². The fourth-order valence-corrected chi connectivity index (χ4v) is 4.85. The number of aromatic nitrogens is 6. The number of amides is 1. The first kappa shape index (κ1) is 24.5. The van der Waals surface area contributed by atoms with E-state index in [1.54, 1.807) is 12.5 Å². The van der Waals surface area contributed by atoms with Crippen LogP contribution in [-0.4, -0.2) is 77.3 Å². The normalized spacial score (nSPS) is 14.2. The Labute approximate surface area is 223 Å². The Morgan fingerprint density at radius 2 is 1.87 bits per heavy atom. The van der Waals surface area contributed by atoms with E-state index < -0.39 is 6.09 Å². The topological polar surface area (TPSA) is 149 Å². The largest absolute Gasteiger partial charge is 0.465 e. The summed E-state index contributed by atoms with van der Waals surface area (Å²) in [4.78, 5) is 36.2. The predicted octanol–water partition coefficient (Wildman–Crippen LogP) is 4.23. The second-order valence-corrected chi connectivity index (χ2v) is 9.53. The van der Waals surface area contributed by atoms with Gasteiger partial charge in [-0.15, -0.1) is 0 Å². The zero-order valence-corrected chi connectivity index (χ0v) is 21.5. The highest BCUT2D eigenvalue weighted by Crippen LogP contribution is 2.29. The van der Waals surface area contributed by atoms with E-state index in [9.17, 15) is 4.79 Å². The number of benzene rings is 1. The van der Waals surface area contributed by atoms with Crippen molar-refractivity contribution in [2.75, 3.05) is 31.5 Å². The molecule has 198 valence electrons. The van der Waals surface area contributed by atoms with E-state index in [1.807, 2.05) is 50.2 Å².